The largest absolute Gasteiger partial charge is 0.481 e. The number of carboxylic acids is 1. The lowest BCUT2D eigenvalue weighted by atomic mass is 10.2. The molecule has 7 nitrogen and oxygen atoms in total. The summed E-state index contributed by atoms with van der Waals surface area (Å²) in [6.07, 6.45) is -0.239. The fraction of sp³-hybridized carbons (Fsp3) is 0.800. The maximum absolute atomic E-state index is 11.8. The van der Waals surface area contributed by atoms with Crippen molar-refractivity contribution in [2.24, 2.45) is 0 Å². The monoisotopic (exact) mass is 280 g/mol. The van der Waals surface area contributed by atoms with Crippen LogP contribution in [-0.2, 0) is 19.6 Å². The summed E-state index contributed by atoms with van der Waals surface area (Å²) in [5, 5.41) is 10.9. The highest BCUT2D eigenvalue weighted by Crippen LogP contribution is 2.01. The predicted octanol–water partition coefficient (Wildman–Crippen LogP) is -0.363. The second-order valence-electron chi connectivity index (χ2n) is 3.91. The van der Waals surface area contributed by atoms with Gasteiger partial charge in [-0.25, -0.2) is 12.7 Å². The van der Waals surface area contributed by atoms with Crippen LogP contribution in [0.5, 0.6) is 0 Å². The van der Waals surface area contributed by atoms with Crippen LogP contribution in [0.15, 0.2) is 0 Å². The van der Waals surface area contributed by atoms with Gasteiger partial charge in [0, 0.05) is 19.1 Å². The number of nitrogens with one attached hydrogen (secondary N) is 1. The quantitative estimate of drug-likeness (QED) is 0.631. The molecule has 0 heterocycles. The van der Waals surface area contributed by atoms with Crippen molar-refractivity contribution in [1.29, 1.82) is 0 Å². The number of carbonyl (C=O) groups excluding carboxylic acids is 1. The second-order valence-corrected chi connectivity index (χ2v) is 5.88. The topological polar surface area (TPSA) is 104 Å². The fourth-order valence-corrected chi connectivity index (χ4v) is 2.89. The van der Waals surface area contributed by atoms with Crippen molar-refractivity contribution in [1.82, 2.24) is 9.62 Å². The number of rotatable bonds is 8. The second kappa shape index (κ2) is 7.32. The van der Waals surface area contributed by atoms with Crippen molar-refractivity contribution in [3.63, 3.8) is 0 Å². The van der Waals surface area contributed by atoms with Crippen LogP contribution in [0.2, 0.25) is 0 Å². The van der Waals surface area contributed by atoms with Crippen LogP contribution in [0.25, 0.3) is 0 Å². The lowest BCUT2D eigenvalue weighted by Crippen LogP contribution is -2.42. The summed E-state index contributed by atoms with van der Waals surface area (Å²) in [5.74, 6) is -2.39. The molecule has 0 aliphatic rings. The van der Waals surface area contributed by atoms with Crippen LogP contribution in [-0.4, -0.2) is 54.6 Å². The van der Waals surface area contributed by atoms with E-state index in [-0.39, 0.29) is 6.42 Å². The number of sulfonamides is 1. The minimum atomic E-state index is -3.62. The van der Waals surface area contributed by atoms with E-state index in [1.807, 2.05) is 0 Å². The Balaban J connectivity index is 4.44. The van der Waals surface area contributed by atoms with E-state index in [4.69, 9.17) is 5.11 Å². The van der Waals surface area contributed by atoms with Crippen LogP contribution < -0.4 is 5.32 Å². The molecule has 0 aromatic heterocycles. The molecule has 0 bridgehead atoms. The summed E-state index contributed by atoms with van der Waals surface area (Å²) in [7, 11) is -3.62. The van der Waals surface area contributed by atoms with Gasteiger partial charge in [0.25, 0.3) is 0 Å². The Morgan fingerprint density at radius 3 is 2.17 bits per heavy atom. The van der Waals surface area contributed by atoms with Gasteiger partial charge in [0.1, 0.15) is 5.75 Å². The number of carboxylic acid groups (broad SMARTS) is 1. The van der Waals surface area contributed by atoms with Gasteiger partial charge < -0.3 is 10.4 Å². The zero-order chi connectivity index (χ0) is 14.3. The molecule has 2 N–H and O–H groups in total. The van der Waals surface area contributed by atoms with Crippen LogP contribution in [0, 0.1) is 0 Å². The van der Waals surface area contributed by atoms with E-state index >= 15 is 0 Å². The Labute approximate surface area is 107 Å². The van der Waals surface area contributed by atoms with E-state index in [9.17, 15) is 18.0 Å². The standard InChI is InChI=1S/C10H20N2O5S/c1-4-12(5-2)18(16,17)7-9(13)11-8(3)6-10(14)15/h8H,4-7H2,1-3H3,(H,11,13)(H,14,15). The molecular formula is C10H20N2O5S. The smallest absolute Gasteiger partial charge is 0.305 e. The molecule has 8 heteroatoms. The Kier molecular flexibility index (Phi) is 6.85. The van der Waals surface area contributed by atoms with Crippen LogP contribution in [0.3, 0.4) is 0 Å². The first-order chi connectivity index (χ1) is 8.22. The molecule has 0 aromatic rings. The molecule has 0 aliphatic carbocycles. The summed E-state index contributed by atoms with van der Waals surface area (Å²) in [5.41, 5.74) is 0. The van der Waals surface area contributed by atoms with Gasteiger partial charge in [0.15, 0.2) is 0 Å². The van der Waals surface area contributed by atoms with E-state index in [2.05, 4.69) is 5.32 Å². The molecule has 18 heavy (non-hydrogen) atoms. The van der Waals surface area contributed by atoms with Gasteiger partial charge in [-0.15, -0.1) is 0 Å². The van der Waals surface area contributed by atoms with Crippen molar-refractivity contribution in [3.8, 4) is 0 Å². The van der Waals surface area contributed by atoms with Crippen molar-refractivity contribution in [2.45, 2.75) is 33.2 Å². The summed E-state index contributed by atoms with van der Waals surface area (Å²) in [6.45, 7) is 5.49. The molecule has 1 atom stereocenters. The van der Waals surface area contributed by atoms with Crippen molar-refractivity contribution >= 4 is 21.9 Å². The number of nitrogens with zero attached hydrogens (tertiary/aromatic N) is 1. The average Bonchev–Trinajstić information content (AvgIpc) is 2.15. The highest BCUT2D eigenvalue weighted by atomic mass is 32.2. The molecule has 1 unspecified atom stereocenters. The summed E-state index contributed by atoms with van der Waals surface area (Å²) in [6, 6.07) is -0.595. The van der Waals surface area contributed by atoms with Crippen molar-refractivity contribution < 1.29 is 23.1 Å². The maximum Gasteiger partial charge on any atom is 0.305 e. The van der Waals surface area contributed by atoms with Crippen molar-refractivity contribution in [2.75, 3.05) is 18.8 Å². The molecule has 0 fully saturated rings. The number of amides is 1. The molecule has 0 spiro atoms. The van der Waals surface area contributed by atoms with Gasteiger partial charge in [-0.2, -0.15) is 0 Å². The molecule has 0 rings (SSSR count). The number of hydrogen-bond acceptors (Lipinski definition) is 4. The lowest BCUT2D eigenvalue weighted by molar-refractivity contribution is -0.137. The van der Waals surface area contributed by atoms with E-state index in [1.54, 1.807) is 13.8 Å². The Bertz CT molecular complexity index is 389. The van der Waals surface area contributed by atoms with Crippen LogP contribution in [0.4, 0.5) is 0 Å². The minimum Gasteiger partial charge on any atom is -0.481 e. The molecular weight excluding hydrogens is 260 g/mol. The van der Waals surface area contributed by atoms with Gasteiger partial charge in [-0.3, -0.25) is 9.59 Å². The Morgan fingerprint density at radius 2 is 1.78 bits per heavy atom. The van der Waals surface area contributed by atoms with Gasteiger partial charge in [0.05, 0.1) is 6.42 Å². The average molecular weight is 280 g/mol. The third kappa shape index (κ3) is 5.97. The molecule has 0 saturated carbocycles. The van der Waals surface area contributed by atoms with E-state index in [0.717, 1.165) is 0 Å². The van der Waals surface area contributed by atoms with Crippen molar-refractivity contribution in [3.05, 3.63) is 0 Å². The third-order valence-electron chi connectivity index (χ3n) is 2.30. The van der Waals surface area contributed by atoms with Gasteiger partial charge in [0.2, 0.25) is 15.9 Å². The molecule has 0 aliphatic heterocycles. The van der Waals surface area contributed by atoms with E-state index in [1.165, 1.54) is 11.2 Å². The first-order valence-corrected chi connectivity index (χ1v) is 7.32. The molecule has 0 saturated heterocycles. The predicted molar refractivity (Wildman–Crippen MR) is 66.6 cm³/mol. The van der Waals surface area contributed by atoms with Gasteiger partial charge >= 0.3 is 5.97 Å². The zero-order valence-corrected chi connectivity index (χ0v) is 11.7. The number of aliphatic carboxylic acids is 1. The van der Waals surface area contributed by atoms with Crippen LogP contribution >= 0.6 is 0 Å². The van der Waals surface area contributed by atoms with E-state index in [0.29, 0.717) is 13.1 Å². The third-order valence-corrected chi connectivity index (χ3v) is 4.23. The Morgan fingerprint density at radius 1 is 1.28 bits per heavy atom. The number of carbonyl (C=O) groups is 2. The summed E-state index contributed by atoms with van der Waals surface area (Å²) >= 11 is 0. The maximum atomic E-state index is 11.8. The first-order valence-electron chi connectivity index (χ1n) is 5.71. The molecule has 106 valence electrons. The lowest BCUT2D eigenvalue weighted by Gasteiger charge is -2.19. The normalized spacial score (nSPS) is 13.3. The highest BCUT2D eigenvalue weighted by Gasteiger charge is 2.23. The molecule has 0 radical (unpaired) electrons. The number of hydrogen-bond donors (Lipinski definition) is 2. The molecule has 0 aromatic carbocycles. The van der Waals surface area contributed by atoms with Crippen LogP contribution in [0.1, 0.15) is 27.2 Å². The van der Waals surface area contributed by atoms with Gasteiger partial charge in [-0.05, 0) is 6.92 Å². The molecule has 1 amide bonds. The van der Waals surface area contributed by atoms with E-state index < -0.39 is 33.7 Å². The van der Waals surface area contributed by atoms with Gasteiger partial charge in [-0.1, -0.05) is 13.8 Å². The zero-order valence-electron chi connectivity index (χ0n) is 10.8. The summed E-state index contributed by atoms with van der Waals surface area (Å²) in [4.78, 5) is 21.9. The fourth-order valence-electron chi connectivity index (χ4n) is 1.50. The highest BCUT2D eigenvalue weighted by molar-refractivity contribution is 7.89. The Hall–Kier alpha value is -1.15. The SMILES string of the molecule is CCN(CC)S(=O)(=O)CC(=O)NC(C)CC(=O)O. The first kappa shape index (κ1) is 16.9. The minimum absolute atomic E-state index is 0.239. The summed E-state index contributed by atoms with van der Waals surface area (Å²) < 4.78 is 24.7.